The molecule has 1 N–H and O–H groups in total. The summed E-state index contributed by atoms with van der Waals surface area (Å²) >= 11 is 0. The molecule has 2 fully saturated rings. The van der Waals surface area contributed by atoms with Gasteiger partial charge in [-0.25, -0.2) is 0 Å². The highest BCUT2D eigenvalue weighted by atomic mass is 16.5. The van der Waals surface area contributed by atoms with Crippen molar-refractivity contribution in [1.82, 2.24) is 15.5 Å². The summed E-state index contributed by atoms with van der Waals surface area (Å²) in [6.45, 7) is 6.13. The molecule has 0 spiro atoms. The van der Waals surface area contributed by atoms with Crippen LogP contribution in [0.4, 0.5) is 0 Å². The standard InChI is InChI=1S/C13H21N3O2/c1-9-4-6-14-10(8-9)11-15-12(16-18-11)13(2)5-3-7-17-13/h9-10,14H,3-8H2,1-2H3. The van der Waals surface area contributed by atoms with E-state index in [0.29, 0.717) is 17.6 Å². The molecule has 3 heterocycles. The van der Waals surface area contributed by atoms with Crippen LogP contribution < -0.4 is 5.32 Å². The van der Waals surface area contributed by atoms with Crippen molar-refractivity contribution in [3.63, 3.8) is 0 Å². The fourth-order valence-corrected chi connectivity index (χ4v) is 2.84. The number of nitrogens with zero attached hydrogens (tertiary/aromatic N) is 2. The minimum atomic E-state index is -0.345. The number of aromatic nitrogens is 2. The molecule has 1 aromatic heterocycles. The predicted octanol–water partition coefficient (Wildman–Crippen LogP) is 2.16. The highest BCUT2D eigenvalue weighted by Gasteiger charge is 2.37. The lowest BCUT2D eigenvalue weighted by Gasteiger charge is -2.25. The molecule has 5 nitrogen and oxygen atoms in total. The summed E-state index contributed by atoms with van der Waals surface area (Å²) in [6.07, 6.45) is 4.33. The Bertz CT molecular complexity index is 412. The Morgan fingerprint density at radius 1 is 1.44 bits per heavy atom. The third-order valence-electron chi connectivity index (χ3n) is 4.10. The Morgan fingerprint density at radius 2 is 2.33 bits per heavy atom. The van der Waals surface area contributed by atoms with Gasteiger partial charge >= 0.3 is 0 Å². The Labute approximate surface area is 107 Å². The van der Waals surface area contributed by atoms with Gasteiger partial charge in [-0.05, 0) is 45.1 Å². The molecule has 2 aliphatic rings. The van der Waals surface area contributed by atoms with Crippen molar-refractivity contribution in [2.24, 2.45) is 5.92 Å². The smallest absolute Gasteiger partial charge is 0.243 e. The molecule has 2 aliphatic heterocycles. The maximum absolute atomic E-state index is 5.74. The van der Waals surface area contributed by atoms with Crippen molar-refractivity contribution in [3.8, 4) is 0 Å². The maximum atomic E-state index is 5.74. The van der Waals surface area contributed by atoms with Crippen LogP contribution in [-0.4, -0.2) is 23.3 Å². The van der Waals surface area contributed by atoms with E-state index in [1.54, 1.807) is 0 Å². The summed E-state index contributed by atoms with van der Waals surface area (Å²) in [7, 11) is 0. The lowest BCUT2D eigenvalue weighted by molar-refractivity contribution is 0.00768. The van der Waals surface area contributed by atoms with Gasteiger partial charge in [0, 0.05) is 6.61 Å². The Hall–Kier alpha value is -0.940. The third-order valence-corrected chi connectivity index (χ3v) is 4.10. The van der Waals surface area contributed by atoms with Crippen molar-refractivity contribution in [1.29, 1.82) is 0 Å². The van der Waals surface area contributed by atoms with Crippen LogP contribution in [0.5, 0.6) is 0 Å². The molecule has 0 aromatic carbocycles. The van der Waals surface area contributed by atoms with Crippen LogP contribution in [0.1, 0.15) is 57.3 Å². The molecular weight excluding hydrogens is 230 g/mol. The van der Waals surface area contributed by atoms with Crippen LogP contribution in [0.25, 0.3) is 0 Å². The van der Waals surface area contributed by atoms with Crippen LogP contribution in [0.3, 0.4) is 0 Å². The SMILES string of the molecule is CC1CCNC(c2nc(C3(C)CCCO3)no2)C1. The molecule has 3 atom stereocenters. The molecule has 1 aromatic rings. The Kier molecular flexibility index (Phi) is 3.11. The monoisotopic (exact) mass is 251 g/mol. The topological polar surface area (TPSA) is 60.2 Å². The van der Waals surface area contributed by atoms with Crippen molar-refractivity contribution in [2.45, 2.75) is 51.2 Å². The third kappa shape index (κ3) is 2.17. The molecule has 3 unspecified atom stereocenters. The van der Waals surface area contributed by atoms with E-state index in [9.17, 15) is 0 Å². The largest absolute Gasteiger partial charge is 0.367 e. The Morgan fingerprint density at radius 3 is 3.06 bits per heavy atom. The summed E-state index contributed by atoms with van der Waals surface area (Å²) < 4.78 is 11.2. The highest BCUT2D eigenvalue weighted by Crippen LogP contribution is 2.35. The molecule has 0 aliphatic carbocycles. The van der Waals surface area contributed by atoms with Gasteiger partial charge in [-0.1, -0.05) is 12.1 Å². The van der Waals surface area contributed by atoms with Crippen LogP contribution >= 0.6 is 0 Å². The minimum absolute atomic E-state index is 0.208. The van der Waals surface area contributed by atoms with Gasteiger partial charge in [0.15, 0.2) is 0 Å². The number of hydrogen-bond donors (Lipinski definition) is 1. The molecule has 0 amide bonds. The lowest BCUT2D eigenvalue weighted by Crippen LogP contribution is -2.31. The minimum Gasteiger partial charge on any atom is -0.367 e. The van der Waals surface area contributed by atoms with Crippen molar-refractivity contribution < 1.29 is 9.26 Å². The fraction of sp³-hybridized carbons (Fsp3) is 0.846. The predicted molar refractivity (Wildman–Crippen MR) is 66.0 cm³/mol. The Balaban J connectivity index is 1.76. The van der Waals surface area contributed by atoms with Crippen LogP contribution in [0.2, 0.25) is 0 Å². The second-order valence-electron chi connectivity index (χ2n) is 5.78. The first kappa shape index (κ1) is 12.1. The highest BCUT2D eigenvalue weighted by molar-refractivity contribution is 5.04. The van der Waals surface area contributed by atoms with Crippen LogP contribution in [0, 0.1) is 5.92 Å². The fourth-order valence-electron chi connectivity index (χ4n) is 2.84. The van der Waals surface area contributed by atoms with Crippen LogP contribution in [0.15, 0.2) is 4.52 Å². The van der Waals surface area contributed by atoms with Gasteiger partial charge in [-0.3, -0.25) is 0 Å². The summed E-state index contributed by atoms with van der Waals surface area (Å²) in [6, 6.07) is 0.208. The molecule has 5 heteroatoms. The lowest BCUT2D eigenvalue weighted by atomic mass is 9.94. The average Bonchev–Trinajstić information content (AvgIpc) is 2.98. The van der Waals surface area contributed by atoms with Gasteiger partial charge in [0.25, 0.3) is 0 Å². The first-order valence-corrected chi connectivity index (χ1v) is 6.89. The zero-order valence-electron chi connectivity index (χ0n) is 11.1. The number of piperidine rings is 1. The number of rotatable bonds is 2. The van der Waals surface area contributed by atoms with E-state index in [4.69, 9.17) is 9.26 Å². The van der Waals surface area contributed by atoms with Crippen molar-refractivity contribution in [2.75, 3.05) is 13.2 Å². The van der Waals surface area contributed by atoms with E-state index >= 15 is 0 Å². The summed E-state index contributed by atoms with van der Waals surface area (Å²) in [5, 5.41) is 7.56. The van der Waals surface area contributed by atoms with Crippen LogP contribution in [-0.2, 0) is 10.3 Å². The molecule has 2 saturated heterocycles. The second-order valence-corrected chi connectivity index (χ2v) is 5.78. The maximum Gasteiger partial charge on any atom is 0.243 e. The normalized spacial score (nSPS) is 37.0. The molecule has 100 valence electrons. The van der Waals surface area contributed by atoms with E-state index < -0.39 is 0 Å². The molecule has 3 rings (SSSR count). The second kappa shape index (κ2) is 4.63. The first-order chi connectivity index (χ1) is 8.67. The molecule has 0 saturated carbocycles. The van der Waals surface area contributed by atoms with Crippen molar-refractivity contribution >= 4 is 0 Å². The summed E-state index contributed by atoms with van der Waals surface area (Å²) in [4.78, 5) is 4.56. The van der Waals surface area contributed by atoms with E-state index in [1.807, 2.05) is 6.92 Å². The van der Waals surface area contributed by atoms with E-state index in [2.05, 4.69) is 22.4 Å². The average molecular weight is 251 g/mol. The van der Waals surface area contributed by atoms with E-state index in [-0.39, 0.29) is 11.6 Å². The number of nitrogens with one attached hydrogen (secondary N) is 1. The van der Waals surface area contributed by atoms with E-state index in [0.717, 1.165) is 32.4 Å². The van der Waals surface area contributed by atoms with Gasteiger partial charge in [-0.2, -0.15) is 4.98 Å². The molecule has 0 radical (unpaired) electrons. The molecule has 0 bridgehead atoms. The molecular formula is C13H21N3O2. The van der Waals surface area contributed by atoms with Crippen molar-refractivity contribution in [3.05, 3.63) is 11.7 Å². The first-order valence-electron chi connectivity index (χ1n) is 6.89. The summed E-state index contributed by atoms with van der Waals surface area (Å²) in [5.41, 5.74) is -0.345. The van der Waals surface area contributed by atoms with Gasteiger partial charge < -0.3 is 14.6 Å². The quantitative estimate of drug-likeness (QED) is 0.872. The number of hydrogen-bond acceptors (Lipinski definition) is 5. The zero-order valence-corrected chi connectivity index (χ0v) is 11.1. The summed E-state index contributed by atoms with van der Waals surface area (Å²) in [5.74, 6) is 2.13. The van der Waals surface area contributed by atoms with Gasteiger partial charge in [0.2, 0.25) is 11.7 Å². The molecule has 18 heavy (non-hydrogen) atoms. The van der Waals surface area contributed by atoms with Gasteiger partial charge in [0.05, 0.1) is 6.04 Å². The number of ether oxygens (including phenoxy) is 1. The zero-order chi connectivity index (χ0) is 12.6. The van der Waals surface area contributed by atoms with Gasteiger partial charge in [-0.15, -0.1) is 0 Å². The van der Waals surface area contributed by atoms with E-state index in [1.165, 1.54) is 6.42 Å². The van der Waals surface area contributed by atoms with Gasteiger partial charge in [0.1, 0.15) is 5.60 Å².